The highest BCUT2D eigenvalue weighted by molar-refractivity contribution is 6.42. The van der Waals surface area contributed by atoms with Gasteiger partial charge in [0.05, 0.1) is 16.7 Å². The molecule has 1 unspecified atom stereocenters. The van der Waals surface area contributed by atoms with Crippen LogP contribution in [0.2, 0.25) is 10.0 Å². The van der Waals surface area contributed by atoms with Crippen molar-refractivity contribution in [3.8, 4) is 0 Å². The Morgan fingerprint density at radius 1 is 1.21 bits per heavy atom. The molecule has 1 aliphatic heterocycles. The van der Waals surface area contributed by atoms with Crippen molar-refractivity contribution in [2.24, 2.45) is 5.92 Å². The number of hydrogen-bond donors (Lipinski definition) is 0. The van der Waals surface area contributed by atoms with E-state index in [4.69, 9.17) is 32.7 Å². The predicted octanol–water partition coefficient (Wildman–Crippen LogP) is 5.42. The quantitative estimate of drug-likeness (QED) is 0.621. The van der Waals surface area contributed by atoms with Crippen molar-refractivity contribution in [3.63, 3.8) is 0 Å². The van der Waals surface area contributed by atoms with Gasteiger partial charge in [0.25, 0.3) is 0 Å². The van der Waals surface area contributed by atoms with Crippen LogP contribution in [0.15, 0.2) is 18.2 Å². The maximum Gasteiger partial charge on any atom is 0.410 e. The molecule has 1 aliphatic rings. The van der Waals surface area contributed by atoms with Crippen LogP contribution in [-0.2, 0) is 9.47 Å². The van der Waals surface area contributed by atoms with Crippen LogP contribution in [0, 0.1) is 5.92 Å². The zero-order valence-electron chi connectivity index (χ0n) is 17.7. The van der Waals surface area contributed by atoms with Crippen LogP contribution in [0.1, 0.15) is 45.1 Å². The molecule has 0 N–H and O–H groups in total. The van der Waals surface area contributed by atoms with Crippen LogP contribution in [0.4, 0.5) is 9.59 Å². The lowest BCUT2D eigenvalue weighted by molar-refractivity contribution is 0.0142. The molecule has 0 spiro atoms. The molecule has 0 aliphatic carbocycles. The number of rotatable bonds is 4. The lowest BCUT2D eigenvalue weighted by atomic mass is 9.79. The Balaban J connectivity index is 2.14. The minimum Gasteiger partial charge on any atom is -0.449 e. The summed E-state index contributed by atoms with van der Waals surface area (Å²) in [5.41, 5.74) is 0.463. The summed E-state index contributed by atoms with van der Waals surface area (Å²) in [6.45, 7) is 7.00. The zero-order chi connectivity index (χ0) is 21.8. The van der Waals surface area contributed by atoms with E-state index in [0.717, 1.165) is 12.0 Å². The second-order valence-corrected chi connectivity index (χ2v) is 9.37. The average Bonchev–Trinajstić information content (AvgIpc) is 2.62. The Morgan fingerprint density at radius 3 is 2.48 bits per heavy atom. The van der Waals surface area contributed by atoms with Gasteiger partial charge in [0.15, 0.2) is 0 Å². The molecule has 2 rings (SSSR count). The van der Waals surface area contributed by atoms with Gasteiger partial charge in [-0.2, -0.15) is 0 Å². The molecule has 2 amide bonds. The Labute approximate surface area is 183 Å². The summed E-state index contributed by atoms with van der Waals surface area (Å²) in [6.07, 6.45) is 0.804. The number of benzene rings is 1. The third-order valence-electron chi connectivity index (χ3n) is 4.86. The van der Waals surface area contributed by atoms with Crippen LogP contribution in [0.25, 0.3) is 0 Å². The molecule has 1 heterocycles. The number of piperidine rings is 1. The van der Waals surface area contributed by atoms with Gasteiger partial charge in [0.1, 0.15) is 5.60 Å². The molecule has 29 heavy (non-hydrogen) atoms. The molecule has 6 nitrogen and oxygen atoms in total. The van der Waals surface area contributed by atoms with Crippen molar-refractivity contribution in [3.05, 3.63) is 33.8 Å². The first kappa shape index (κ1) is 23.6. The summed E-state index contributed by atoms with van der Waals surface area (Å²) >= 11 is 12.3. The molecule has 0 aromatic heterocycles. The first-order valence-electron chi connectivity index (χ1n) is 9.75. The van der Waals surface area contributed by atoms with Gasteiger partial charge in [0.2, 0.25) is 0 Å². The third-order valence-corrected chi connectivity index (χ3v) is 5.60. The molecule has 0 saturated carbocycles. The van der Waals surface area contributed by atoms with Crippen molar-refractivity contribution in [1.29, 1.82) is 0 Å². The molecular formula is C21H30Cl2N2O4. The highest BCUT2D eigenvalue weighted by atomic mass is 35.5. The largest absolute Gasteiger partial charge is 0.449 e. The van der Waals surface area contributed by atoms with Crippen LogP contribution in [0.5, 0.6) is 0 Å². The zero-order valence-corrected chi connectivity index (χ0v) is 19.2. The number of nitrogens with zero attached hydrogens (tertiary/aromatic N) is 2. The van der Waals surface area contributed by atoms with Gasteiger partial charge in [-0.05, 0) is 57.2 Å². The first-order valence-corrected chi connectivity index (χ1v) is 10.5. The van der Waals surface area contributed by atoms with Gasteiger partial charge < -0.3 is 19.3 Å². The molecule has 1 fully saturated rings. The fraction of sp³-hybridized carbons (Fsp3) is 0.619. The first-order chi connectivity index (χ1) is 13.5. The van der Waals surface area contributed by atoms with E-state index in [1.807, 2.05) is 32.9 Å². The Morgan fingerprint density at radius 2 is 1.90 bits per heavy atom. The van der Waals surface area contributed by atoms with E-state index in [0.29, 0.717) is 36.2 Å². The standard InChI is InChI=1S/C21H30Cl2N2O4/c1-21(2,3)29-20(27)25-10-8-14(9-11-28-19(26)24(4)5)16(13-25)15-6-7-17(22)18(23)12-15/h6-7,12,14,16H,8-11,13H2,1-5H3/t14-,16?/m0/s1. The summed E-state index contributed by atoms with van der Waals surface area (Å²) in [5.74, 6) is 0.282. The summed E-state index contributed by atoms with van der Waals surface area (Å²) in [4.78, 5) is 27.4. The lowest BCUT2D eigenvalue weighted by Crippen LogP contribution is -2.45. The fourth-order valence-corrected chi connectivity index (χ4v) is 3.69. The van der Waals surface area contributed by atoms with Gasteiger partial charge in [0, 0.05) is 33.1 Å². The Bertz CT molecular complexity index is 734. The Hall–Kier alpha value is -1.66. The minimum atomic E-state index is -0.548. The van der Waals surface area contributed by atoms with Crippen LogP contribution in [-0.4, -0.2) is 61.4 Å². The SMILES string of the molecule is CN(C)C(=O)OCC[C@@H]1CCN(C(=O)OC(C)(C)C)CC1c1ccc(Cl)c(Cl)c1. The number of ether oxygens (including phenoxy) is 2. The molecule has 8 heteroatoms. The molecule has 162 valence electrons. The van der Waals surface area contributed by atoms with E-state index in [9.17, 15) is 9.59 Å². The Kier molecular flexibility index (Phi) is 8.06. The molecule has 1 saturated heterocycles. The molecule has 0 radical (unpaired) electrons. The minimum absolute atomic E-state index is 0.0455. The van der Waals surface area contributed by atoms with Gasteiger partial charge in [-0.15, -0.1) is 0 Å². The van der Waals surface area contributed by atoms with E-state index in [-0.39, 0.29) is 24.0 Å². The van der Waals surface area contributed by atoms with Gasteiger partial charge in [-0.25, -0.2) is 9.59 Å². The monoisotopic (exact) mass is 444 g/mol. The molecule has 1 aromatic carbocycles. The molecule has 0 bridgehead atoms. The van der Waals surface area contributed by atoms with Crippen LogP contribution < -0.4 is 0 Å². The smallest absolute Gasteiger partial charge is 0.410 e. The van der Waals surface area contributed by atoms with Crippen molar-refractivity contribution >= 4 is 35.4 Å². The maximum absolute atomic E-state index is 12.6. The second-order valence-electron chi connectivity index (χ2n) is 8.55. The predicted molar refractivity (Wildman–Crippen MR) is 115 cm³/mol. The number of likely N-dealkylation sites (tertiary alicyclic amines) is 1. The third kappa shape index (κ3) is 6.96. The van der Waals surface area contributed by atoms with Gasteiger partial charge in [-0.3, -0.25) is 0 Å². The van der Waals surface area contributed by atoms with Gasteiger partial charge in [-0.1, -0.05) is 29.3 Å². The van der Waals surface area contributed by atoms with E-state index in [1.54, 1.807) is 25.1 Å². The van der Waals surface area contributed by atoms with Crippen LogP contribution in [0.3, 0.4) is 0 Å². The van der Waals surface area contributed by atoms with Crippen molar-refractivity contribution < 1.29 is 19.1 Å². The number of carbonyl (C=O) groups excluding carboxylic acids is 2. The van der Waals surface area contributed by atoms with Crippen molar-refractivity contribution in [2.75, 3.05) is 33.8 Å². The number of carbonyl (C=O) groups is 2. The fourth-order valence-electron chi connectivity index (χ4n) is 3.39. The summed E-state index contributed by atoms with van der Waals surface area (Å²) in [7, 11) is 3.31. The number of hydrogen-bond acceptors (Lipinski definition) is 4. The van der Waals surface area contributed by atoms with Crippen LogP contribution >= 0.6 is 23.2 Å². The molecule has 2 atom stereocenters. The molecular weight excluding hydrogens is 415 g/mol. The highest BCUT2D eigenvalue weighted by Gasteiger charge is 2.34. The van der Waals surface area contributed by atoms with Crippen molar-refractivity contribution in [1.82, 2.24) is 9.80 Å². The van der Waals surface area contributed by atoms with E-state index in [1.165, 1.54) is 4.90 Å². The van der Waals surface area contributed by atoms with Gasteiger partial charge >= 0.3 is 12.2 Å². The summed E-state index contributed by atoms with van der Waals surface area (Å²) < 4.78 is 10.9. The topological polar surface area (TPSA) is 59.1 Å². The van der Waals surface area contributed by atoms with Crippen molar-refractivity contribution in [2.45, 2.75) is 45.1 Å². The number of amides is 2. The highest BCUT2D eigenvalue weighted by Crippen LogP contribution is 2.37. The van der Waals surface area contributed by atoms with E-state index in [2.05, 4.69) is 0 Å². The number of halogens is 2. The molecule has 1 aromatic rings. The second kappa shape index (κ2) is 9.90. The summed E-state index contributed by atoms with van der Waals surface area (Å²) in [5, 5.41) is 0.975. The van der Waals surface area contributed by atoms with E-state index >= 15 is 0 Å². The van der Waals surface area contributed by atoms with E-state index < -0.39 is 5.60 Å². The average molecular weight is 445 g/mol. The normalized spacial score (nSPS) is 19.6. The maximum atomic E-state index is 12.6. The lowest BCUT2D eigenvalue weighted by Gasteiger charge is -2.39. The summed E-state index contributed by atoms with van der Waals surface area (Å²) in [6, 6.07) is 5.57.